The molecule has 1 amide bonds. The first kappa shape index (κ1) is 11.6. The van der Waals surface area contributed by atoms with E-state index in [0.717, 1.165) is 10.9 Å². The highest BCUT2D eigenvalue weighted by Gasteiger charge is 2.14. The Morgan fingerprint density at radius 3 is 2.71 bits per heavy atom. The zero-order valence-corrected chi connectivity index (χ0v) is 10.1. The molecule has 0 radical (unpaired) electrons. The molecule has 4 heteroatoms. The second-order valence-electron chi connectivity index (χ2n) is 4.42. The summed E-state index contributed by atoms with van der Waals surface area (Å²) in [6, 6.07) is 6.36. The molecule has 0 saturated heterocycles. The number of nitrogens with one attached hydrogen (secondary N) is 1. The van der Waals surface area contributed by atoms with Crippen LogP contribution in [-0.2, 0) is 7.05 Å². The highest BCUT2D eigenvalue weighted by molar-refractivity contribution is 5.98. The van der Waals surface area contributed by atoms with Gasteiger partial charge in [-0.1, -0.05) is 0 Å². The molecule has 1 N–H and O–H groups in total. The number of amides is 1. The maximum atomic E-state index is 13.1. The number of fused-ring (bicyclic) bond motifs is 1. The quantitative estimate of drug-likeness (QED) is 0.851. The lowest BCUT2D eigenvalue weighted by Crippen LogP contribution is -2.31. The van der Waals surface area contributed by atoms with Crippen LogP contribution in [0.15, 0.2) is 24.3 Å². The molecule has 17 heavy (non-hydrogen) atoms. The number of nitrogens with zero attached hydrogens (tertiary/aromatic N) is 1. The van der Waals surface area contributed by atoms with E-state index in [1.54, 1.807) is 23.7 Å². The summed E-state index contributed by atoms with van der Waals surface area (Å²) in [5, 5.41) is 3.69. The van der Waals surface area contributed by atoms with Crippen LogP contribution in [0.4, 0.5) is 4.39 Å². The molecule has 0 saturated carbocycles. The normalized spacial score (nSPS) is 11.1. The highest BCUT2D eigenvalue weighted by atomic mass is 19.1. The maximum Gasteiger partial charge on any atom is 0.268 e. The molecule has 2 aromatic rings. The molecule has 90 valence electrons. The van der Waals surface area contributed by atoms with Crippen molar-refractivity contribution in [3.8, 4) is 0 Å². The molecular formula is C13H15FN2O. The van der Waals surface area contributed by atoms with Crippen molar-refractivity contribution in [2.75, 3.05) is 0 Å². The van der Waals surface area contributed by atoms with E-state index in [9.17, 15) is 9.18 Å². The van der Waals surface area contributed by atoms with E-state index < -0.39 is 0 Å². The molecule has 0 fully saturated rings. The number of hydrogen-bond donors (Lipinski definition) is 1. The Kier molecular flexibility index (Phi) is 2.88. The van der Waals surface area contributed by atoms with Gasteiger partial charge >= 0.3 is 0 Å². The van der Waals surface area contributed by atoms with Crippen LogP contribution in [0.25, 0.3) is 10.9 Å². The lowest BCUT2D eigenvalue weighted by molar-refractivity contribution is 0.0935. The third-order valence-corrected chi connectivity index (χ3v) is 2.66. The van der Waals surface area contributed by atoms with Gasteiger partial charge < -0.3 is 9.88 Å². The number of carbonyl (C=O) groups excluding carboxylic acids is 1. The summed E-state index contributed by atoms with van der Waals surface area (Å²) in [6.45, 7) is 3.81. The third kappa shape index (κ3) is 2.16. The van der Waals surface area contributed by atoms with Crippen LogP contribution in [0.5, 0.6) is 0 Å². The number of hydrogen-bond acceptors (Lipinski definition) is 1. The zero-order valence-electron chi connectivity index (χ0n) is 10.1. The topological polar surface area (TPSA) is 34.0 Å². The Morgan fingerprint density at radius 1 is 1.35 bits per heavy atom. The van der Waals surface area contributed by atoms with Gasteiger partial charge in [-0.2, -0.15) is 0 Å². The number of carbonyl (C=O) groups is 1. The van der Waals surface area contributed by atoms with Gasteiger partial charge in [0, 0.05) is 18.5 Å². The maximum absolute atomic E-state index is 13.1. The van der Waals surface area contributed by atoms with E-state index in [-0.39, 0.29) is 17.8 Å². The number of benzene rings is 1. The summed E-state index contributed by atoms with van der Waals surface area (Å²) in [5.41, 5.74) is 1.26. The van der Waals surface area contributed by atoms with E-state index in [1.165, 1.54) is 12.1 Å². The third-order valence-electron chi connectivity index (χ3n) is 2.66. The molecule has 0 unspecified atom stereocenters. The second-order valence-corrected chi connectivity index (χ2v) is 4.42. The monoisotopic (exact) mass is 234 g/mol. The van der Waals surface area contributed by atoms with Gasteiger partial charge in [0.05, 0.1) is 5.52 Å². The van der Waals surface area contributed by atoms with Crippen LogP contribution >= 0.6 is 0 Å². The molecule has 1 aromatic carbocycles. The van der Waals surface area contributed by atoms with E-state index in [0.29, 0.717) is 5.69 Å². The summed E-state index contributed by atoms with van der Waals surface area (Å²) < 4.78 is 14.8. The Balaban J connectivity index is 2.49. The Labute approximate surface area is 99.2 Å². The first-order valence-electron chi connectivity index (χ1n) is 5.55. The second kappa shape index (κ2) is 4.20. The fraction of sp³-hybridized carbons (Fsp3) is 0.308. The molecule has 3 nitrogen and oxygen atoms in total. The van der Waals surface area contributed by atoms with E-state index >= 15 is 0 Å². The predicted octanol–water partition coefficient (Wildman–Crippen LogP) is 2.46. The van der Waals surface area contributed by atoms with Crippen molar-refractivity contribution in [1.82, 2.24) is 9.88 Å². The smallest absolute Gasteiger partial charge is 0.268 e. The van der Waals surface area contributed by atoms with Crippen molar-refractivity contribution in [2.24, 2.45) is 7.05 Å². The number of halogens is 1. The molecular weight excluding hydrogens is 219 g/mol. The van der Waals surface area contributed by atoms with Gasteiger partial charge in [0.15, 0.2) is 0 Å². The van der Waals surface area contributed by atoms with E-state index in [2.05, 4.69) is 5.32 Å². The van der Waals surface area contributed by atoms with Crippen molar-refractivity contribution in [3.05, 3.63) is 35.8 Å². The average Bonchev–Trinajstić information content (AvgIpc) is 2.55. The van der Waals surface area contributed by atoms with Crippen LogP contribution in [-0.4, -0.2) is 16.5 Å². The van der Waals surface area contributed by atoms with E-state index in [1.807, 2.05) is 13.8 Å². The molecule has 0 aliphatic rings. The minimum absolute atomic E-state index is 0.0808. The molecule has 0 spiro atoms. The molecule has 1 aromatic heterocycles. The number of aromatic nitrogens is 1. The van der Waals surface area contributed by atoms with Gasteiger partial charge in [-0.05, 0) is 38.1 Å². The number of aryl methyl sites for hydroxylation is 1. The lowest BCUT2D eigenvalue weighted by Gasteiger charge is -2.08. The van der Waals surface area contributed by atoms with Crippen LogP contribution in [0, 0.1) is 5.82 Å². The fourth-order valence-corrected chi connectivity index (χ4v) is 1.86. The zero-order chi connectivity index (χ0) is 12.6. The first-order chi connectivity index (χ1) is 7.99. The van der Waals surface area contributed by atoms with Crippen LogP contribution in [0.3, 0.4) is 0 Å². The minimum atomic E-state index is -0.297. The standard InChI is InChI=1S/C13H15FN2O/c1-8(2)15-13(17)12-6-9-4-5-10(14)7-11(9)16(12)3/h4-8H,1-3H3,(H,15,17). The molecule has 0 bridgehead atoms. The summed E-state index contributed by atoms with van der Waals surface area (Å²) in [4.78, 5) is 11.9. The predicted molar refractivity (Wildman–Crippen MR) is 65.5 cm³/mol. The molecule has 0 aliphatic carbocycles. The summed E-state index contributed by atoms with van der Waals surface area (Å²) in [7, 11) is 1.76. The van der Waals surface area contributed by atoms with Crippen molar-refractivity contribution in [3.63, 3.8) is 0 Å². The summed E-state index contributed by atoms with van der Waals surface area (Å²) in [6.07, 6.45) is 0. The van der Waals surface area contributed by atoms with Crippen molar-refractivity contribution >= 4 is 16.8 Å². The van der Waals surface area contributed by atoms with Gasteiger partial charge in [0.1, 0.15) is 11.5 Å². The first-order valence-corrected chi connectivity index (χ1v) is 5.55. The highest BCUT2D eigenvalue weighted by Crippen LogP contribution is 2.19. The molecule has 1 heterocycles. The van der Waals surface area contributed by atoms with Crippen molar-refractivity contribution in [1.29, 1.82) is 0 Å². The van der Waals surface area contributed by atoms with Gasteiger partial charge in [0.2, 0.25) is 0 Å². The van der Waals surface area contributed by atoms with Crippen molar-refractivity contribution < 1.29 is 9.18 Å². The van der Waals surface area contributed by atoms with Gasteiger partial charge in [0.25, 0.3) is 5.91 Å². The van der Waals surface area contributed by atoms with Crippen molar-refractivity contribution in [2.45, 2.75) is 19.9 Å². The Morgan fingerprint density at radius 2 is 2.06 bits per heavy atom. The summed E-state index contributed by atoms with van der Waals surface area (Å²) in [5.74, 6) is -0.436. The minimum Gasteiger partial charge on any atom is -0.349 e. The summed E-state index contributed by atoms with van der Waals surface area (Å²) >= 11 is 0. The van der Waals surface area contributed by atoms with Crippen LogP contribution < -0.4 is 5.32 Å². The van der Waals surface area contributed by atoms with Gasteiger partial charge in [-0.15, -0.1) is 0 Å². The van der Waals surface area contributed by atoms with Gasteiger partial charge in [-0.3, -0.25) is 4.79 Å². The molecule has 0 atom stereocenters. The SMILES string of the molecule is CC(C)NC(=O)c1cc2ccc(F)cc2n1C. The Bertz CT molecular complexity index is 572. The van der Waals surface area contributed by atoms with Crippen LogP contribution in [0.2, 0.25) is 0 Å². The molecule has 0 aliphatic heterocycles. The fourth-order valence-electron chi connectivity index (χ4n) is 1.86. The van der Waals surface area contributed by atoms with E-state index in [4.69, 9.17) is 0 Å². The largest absolute Gasteiger partial charge is 0.349 e. The van der Waals surface area contributed by atoms with Gasteiger partial charge in [-0.25, -0.2) is 4.39 Å². The average molecular weight is 234 g/mol. The van der Waals surface area contributed by atoms with Crippen LogP contribution in [0.1, 0.15) is 24.3 Å². The lowest BCUT2D eigenvalue weighted by atomic mass is 10.2. The molecule has 2 rings (SSSR count). The Hall–Kier alpha value is -1.84. The number of rotatable bonds is 2.